The number of allylic oxidation sites excluding steroid dienone is 1. The molecule has 0 aromatic heterocycles. The minimum atomic E-state index is 0.711. The zero-order chi connectivity index (χ0) is 17.7. The molecule has 0 heterocycles. The van der Waals surface area contributed by atoms with Crippen molar-refractivity contribution in [1.29, 1.82) is 0 Å². The van der Waals surface area contributed by atoms with Crippen LogP contribution in [0.3, 0.4) is 0 Å². The third-order valence-corrected chi connectivity index (χ3v) is 6.27. The van der Waals surface area contributed by atoms with E-state index >= 15 is 0 Å². The van der Waals surface area contributed by atoms with E-state index in [2.05, 4.69) is 19.6 Å². The lowest BCUT2D eigenvalue weighted by molar-refractivity contribution is 0.0929. The molecule has 0 amide bonds. The van der Waals surface area contributed by atoms with Crippen LogP contribution in [0.1, 0.15) is 77.6 Å². The van der Waals surface area contributed by atoms with Crippen molar-refractivity contribution < 1.29 is 9.47 Å². The number of ether oxygens (including phenoxy) is 2. The Morgan fingerprint density at radius 2 is 1.32 bits per heavy atom. The fraction of sp³-hybridized carbons (Fsp3) is 0.826. The fourth-order valence-corrected chi connectivity index (χ4v) is 4.52. The second-order valence-electron chi connectivity index (χ2n) is 8.29. The molecule has 0 bridgehead atoms. The van der Waals surface area contributed by atoms with Gasteiger partial charge < -0.3 is 9.47 Å². The van der Waals surface area contributed by atoms with Crippen LogP contribution in [0.15, 0.2) is 25.0 Å². The summed E-state index contributed by atoms with van der Waals surface area (Å²) in [6, 6.07) is 0. The van der Waals surface area contributed by atoms with E-state index < -0.39 is 0 Å². The Hall–Kier alpha value is -0.760. The van der Waals surface area contributed by atoms with E-state index in [0.717, 1.165) is 43.3 Å². The van der Waals surface area contributed by atoms with Crippen LogP contribution in [0, 0.1) is 23.7 Å². The van der Waals surface area contributed by atoms with Gasteiger partial charge in [0, 0.05) is 6.61 Å². The van der Waals surface area contributed by atoms with Crippen molar-refractivity contribution in [2.75, 3.05) is 19.8 Å². The van der Waals surface area contributed by atoms with Gasteiger partial charge in [-0.15, -0.1) is 6.58 Å². The van der Waals surface area contributed by atoms with Crippen LogP contribution in [0.2, 0.25) is 0 Å². The summed E-state index contributed by atoms with van der Waals surface area (Å²) in [7, 11) is 0. The van der Waals surface area contributed by atoms with Gasteiger partial charge in [-0.2, -0.15) is 0 Å². The second-order valence-corrected chi connectivity index (χ2v) is 8.29. The van der Waals surface area contributed by atoms with Gasteiger partial charge in [-0.3, -0.25) is 0 Å². The van der Waals surface area contributed by atoms with Crippen molar-refractivity contribution in [1.82, 2.24) is 0 Å². The maximum absolute atomic E-state index is 5.65. The molecular formula is C23H40O2. The van der Waals surface area contributed by atoms with E-state index in [1.165, 1.54) is 64.2 Å². The first-order valence-electron chi connectivity index (χ1n) is 10.8. The number of rotatable bonds is 11. The van der Waals surface area contributed by atoms with Crippen LogP contribution in [0.25, 0.3) is 0 Å². The monoisotopic (exact) mass is 348 g/mol. The predicted molar refractivity (Wildman–Crippen MR) is 107 cm³/mol. The molecule has 0 saturated heterocycles. The standard InChI is InChI=1S/C23H40O2/c1-3-5-17-25-19-23-14-10-21(11-15-23)7-6-20-8-12-22(13-9-20)18-24-16-4-2/h4-5,17,20-23H,2-3,6-16,18-19H2,1H3/b17-5-/t20-,21-,22-,23-. The van der Waals surface area contributed by atoms with Crippen LogP contribution in [0.4, 0.5) is 0 Å². The fourth-order valence-electron chi connectivity index (χ4n) is 4.52. The van der Waals surface area contributed by atoms with Crippen LogP contribution in [-0.4, -0.2) is 19.8 Å². The van der Waals surface area contributed by atoms with Gasteiger partial charge in [-0.25, -0.2) is 0 Å². The van der Waals surface area contributed by atoms with Crippen molar-refractivity contribution in [3.63, 3.8) is 0 Å². The summed E-state index contributed by atoms with van der Waals surface area (Å²) in [5, 5.41) is 0. The lowest BCUT2D eigenvalue weighted by Crippen LogP contribution is -2.21. The maximum atomic E-state index is 5.65. The van der Waals surface area contributed by atoms with Gasteiger partial charge in [0.05, 0.1) is 19.5 Å². The average Bonchev–Trinajstić information content (AvgIpc) is 2.66. The zero-order valence-corrected chi connectivity index (χ0v) is 16.5. The highest BCUT2D eigenvalue weighted by Gasteiger charge is 2.25. The third-order valence-electron chi connectivity index (χ3n) is 6.27. The summed E-state index contributed by atoms with van der Waals surface area (Å²) >= 11 is 0. The number of hydrogen-bond acceptors (Lipinski definition) is 2. The maximum Gasteiger partial charge on any atom is 0.0901 e. The van der Waals surface area contributed by atoms with Crippen molar-refractivity contribution >= 4 is 0 Å². The smallest absolute Gasteiger partial charge is 0.0901 e. The van der Waals surface area contributed by atoms with Gasteiger partial charge in [0.1, 0.15) is 0 Å². The molecule has 0 spiro atoms. The molecule has 2 heteroatoms. The molecule has 2 nitrogen and oxygen atoms in total. The molecule has 0 aromatic carbocycles. The Morgan fingerprint density at radius 3 is 1.84 bits per heavy atom. The van der Waals surface area contributed by atoms with Crippen LogP contribution < -0.4 is 0 Å². The van der Waals surface area contributed by atoms with Crippen molar-refractivity contribution in [3.05, 3.63) is 25.0 Å². The molecule has 2 aliphatic rings. The molecule has 2 aliphatic carbocycles. The third kappa shape index (κ3) is 8.44. The minimum absolute atomic E-state index is 0.711. The number of hydrogen-bond donors (Lipinski definition) is 0. The molecular weight excluding hydrogens is 308 g/mol. The van der Waals surface area contributed by atoms with Crippen LogP contribution in [0.5, 0.6) is 0 Å². The highest BCUT2D eigenvalue weighted by atomic mass is 16.5. The Balaban J connectivity index is 1.50. The van der Waals surface area contributed by atoms with Crippen LogP contribution >= 0.6 is 0 Å². The molecule has 0 radical (unpaired) electrons. The summed E-state index contributed by atoms with van der Waals surface area (Å²) in [6.07, 6.45) is 21.0. The lowest BCUT2D eigenvalue weighted by atomic mass is 9.76. The molecule has 2 rings (SSSR count). The zero-order valence-electron chi connectivity index (χ0n) is 16.5. The summed E-state index contributed by atoms with van der Waals surface area (Å²) < 4.78 is 11.3. The van der Waals surface area contributed by atoms with E-state index in [1.807, 2.05) is 12.3 Å². The van der Waals surface area contributed by atoms with Crippen molar-refractivity contribution in [2.24, 2.45) is 23.7 Å². The topological polar surface area (TPSA) is 18.5 Å². The predicted octanol–water partition coefficient (Wildman–Crippen LogP) is 6.52. The quantitative estimate of drug-likeness (QED) is 0.240. The van der Waals surface area contributed by atoms with Crippen molar-refractivity contribution in [2.45, 2.75) is 77.6 Å². The normalized spacial score (nSPS) is 30.4. The molecule has 2 fully saturated rings. The summed E-state index contributed by atoms with van der Waals surface area (Å²) in [6.45, 7) is 8.45. The van der Waals surface area contributed by atoms with Crippen LogP contribution in [-0.2, 0) is 9.47 Å². The van der Waals surface area contributed by atoms with Crippen molar-refractivity contribution in [3.8, 4) is 0 Å². The van der Waals surface area contributed by atoms with E-state index in [1.54, 1.807) is 0 Å². The molecule has 0 N–H and O–H groups in total. The van der Waals surface area contributed by atoms with Gasteiger partial charge in [-0.05, 0) is 55.8 Å². The molecule has 144 valence electrons. The van der Waals surface area contributed by atoms with Gasteiger partial charge in [-0.1, -0.05) is 57.6 Å². The first-order valence-corrected chi connectivity index (χ1v) is 10.8. The van der Waals surface area contributed by atoms with E-state index in [0.29, 0.717) is 6.61 Å². The van der Waals surface area contributed by atoms with E-state index in [9.17, 15) is 0 Å². The Kier molecular flexibility index (Phi) is 10.3. The summed E-state index contributed by atoms with van der Waals surface area (Å²) in [5.74, 6) is 3.56. The highest BCUT2D eigenvalue weighted by molar-refractivity contribution is 4.78. The molecule has 0 aliphatic heterocycles. The highest BCUT2D eigenvalue weighted by Crippen LogP contribution is 2.36. The van der Waals surface area contributed by atoms with Gasteiger partial charge in [0.2, 0.25) is 0 Å². The SMILES string of the molecule is C=CCOC[C@H]1CC[C@H](CC[C@H]2CC[C@H](CO/C=C\CC)CC2)CC1. The van der Waals surface area contributed by atoms with E-state index in [-0.39, 0.29) is 0 Å². The minimum Gasteiger partial charge on any atom is -0.501 e. The van der Waals surface area contributed by atoms with Gasteiger partial charge >= 0.3 is 0 Å². The molecule has 0 aromatic rings. The first-order chi connectivity index (χ1) is 12.3. The first kappa shape index (κ1) is 20.6. The molecule has 0 atom stereocenters. The largest absolute Gasteiger partial charge is 0.501 e. The summed E-state index contributed by atoms with van der Waals surface area (Å²) in [5.41, 5.74) is 0. The molecule has 25 heavy (non-hydrogen) atoms. The summed E-state index contributed by atoms with van der Waals surface area (Å²) in [4.78, 5) is 0. The Bertz CT molecular complexity index is 360. The van der Waals surface area contributed by atoms with Gasteiger partial charge in [0.15, 0.2) is 0 Å². The van der Waals surface area contributed by atoms with Gasteiger partial charge in [0.25, 0.3) is 0 Å². The Labute approximate surface area is 156 Å². The molecule has 2 saturated carbocycles. The van der Waals surface area contributed by atoms with E-state index in [4.69, 9.17) is 9.47 Å². The average molecular weight is 349 g/mol. The molecule has 0 unspecified atom stereocenters. The Morgan fingerprint density at radius 1 is 0.800 bits per heavy atom. The second kappa shape index (κ2) is 12.6. The lowest BCUT2D eigenvalue weighted by Gasteiger charge is -2.31.